The first-order valence-electron chi connectivity index (χ1n) is 7.28. The van der Waals surface area contributed by atoms with Gasteiger partial charge in [0.05, 0.1) is 12.5 Å². The normalized spacial score (nSPS) is 16.7. The summed E-state index contributed by atoms with van der Waals surface area (Å²) in [6.45, 7) is 3.00. The quantitative estimate of drug-likeness (QED) is 0.706. The second-order valence-electron chi connectivity index (χ2n) is 5.51. The van der Waals surface area contributed by atoms with E-state index in [4.69, 9.17) is 0 Å². The van der Waals surface area contributed by atoms with Crippen molar-refractivity contribution >= 4 is 16.0 Å². The summed E-state index contributed by atoms with van der Waals surface area (Å²) < 4.78 is 27.0. The number of H-pyrrole nitrogens is 2. The molecule has 9 nitrogen and oxygen atoms in total. The summed E-state index contributed by atoms with van der Waals surface area (Å²) in [5, 5.41) is 0.0598. The molecule has 1 aliphatic rings. The van der Waals surface area contributed by atoms with Crippen LogP contribution in [0.2, 0.25) is 0 Å². The summed E-state index contributed by atoms with van der Waals surface area (Å²) in [6, 6.07) is 1.28. The summed E-state index contributed by atoms with van der Waals surface area (Å²) >= 11 is 0. The molecule has 0 saturated carbocycles. The number of anilines is 1. The number of sulfonamides is 1. The van der Waals surface area contributed by atoms with Crippen LogP contribution in [0.3, 0.4) is 0 Å². The first-order chi connectivity index (χ1) is 10.9. The predicted octanol–water partition coefficient (Wildman–Crippen LogP) is -0.251. The number of hydrogen-bond acceptors (Lipinski definition) is 6. The van der Waals surface area contributed by atoms with Crippen LogP contribution in [-0.4, -0.2) is 47.5 Å². The fraction of sp³-hybridized carbons (Fsp3) is 0.462. The lowest BCUT2D eigenvalue weighted by Crippen LogP contribution is -2.45. The number of nitrogens with zero attached hydrogens (tertiary/aromatic N) is 3. The predicted molar refractivity (Wildman–Crippen MR) is 83.7 cm³/mol. The zero-order valence-corrected chi connectivity index (χ0v) is 13.4. The van der Waals surface area contributed by atoms with Crippen LogP contribution in [0.1, 0.15) is 18.5 Å². The number of nitrogens with one attached hydrogen (secondary N) is 3. The van der Waals surface area contributed by atoms with E-state index in [9.17, 15) is 13.2 Å². The Morgan fingerprint density at radius 1 is 1.35 bits per heavy atom. The van der Waals surface area contributed by atoms with E-state index in [-0.39, 0.29) is 16.6 Å². The molecule has 3 heterocycles. The highest BCUT2D eigenvalue weighted by Gasteiger charge is 2.26. The smallest absolute Gasteiger partial charge is 0.257 e. The third kappa shape index (κ3) is 3.59. The van der Waals surface area contributed by atoms with Gasteiger partial charge in [0.2, 0.25) is 5.95 Å². The van der Waals surface area contributed by atoms with Gasteiger partial charge in [-0.05, 0) is 19.8 Å². The van der Waals surface area contributed by atoms with E-state index in [1.54, 1.807) is 6.92 Å². The van der Waals surface area contributed by atoms with Gasteiger partial charge in [-0.15, -0.1) is 0 Å². The maximum absolute atomic E-state index is 12.1. The number of hydrogen-bond donors (Lipinski definition) is 3. The molecule has 0 radical (unpaired) electrons. The van der Waals surface area contributed by atoms with Gasteiger partial charge in [0, 0.05) is 30.9 Å². The molecule has 1 aliphatic heterocycles. The molecule has 23 heavy (non-hydrogen) atoms. The molecule has 10 heteroatoms. The van der Waals surface area contributed by atoms with Crippen LogP contribution in [0.4, 0.5) is 5.95 Å². The van der Waals surface area contributed by atoms with E-state index in [1.165, 1.54) is 18.6 Å². The van der Waals surface area contributed by atoms with E-state index in [2.05, 4.69) is 24.7 Å². The molecule has 0 bridgehead atoms. The molecule has 0 unspecified atom stereocenters. The Morgan fingerprint density at radius 2 is 2.09 bits per heavy atom. The second kappa shape index (κ2) is 6.13. The van der Waals surface area contributed by atoms with Gasteiger partial charge in [-0.3, -0.25) is 9.78 Å². The van der Waals surface area contributed by atoms with Gasteiger partial charge >= 0.3 is 0 Å². The van der Waals surface area contributed by atoms with E-state index < -0.39 is 10.0 Å². The molecule has 1 saturated heterocycles. The minimum absolute atomic E-state index is 0.0598. The molecule has 0 amide bonds. The standard InChI is InChI=1S/C13H18N6O3S/c1-9-6-11(20)17-13(16-9)19-4-2-10(3-5-19)18-23(21,22)12-7-14-8-15-12/h6-8,10,18H,2-5H2,1H3,(H,14,15)(H,16,17,20). The molecule has 2 aromatic heterocycles. The highest BCUT2D eigenvalue weighted by atomic mass is 32.2. The first kappa shape index (κ1) is 15.7. The number of aromatic amines is 2. The fourth-order valence-corrected chi connectivity index (χ4v) is 3.80. The largest absolute Gasteiger partial charge is 0.342 e. The van der Waals surface area contributed by atoms with Crippen molar-refractivity contribution < 1.29 is 8.42 Å². The van der Waals surface area contributed by atoms with Gasteiger partial charge in [0.25, 0.3) is 15.6 Å². The molecule has 3 rings (SSSR count). The minimum atomic E-state index is -3.57. The van der Waals surface area contributed by atoms with E-state index in [0.717, 1.165) is 0 Å². The Kier molecular flexibility index (Phi) is 4.18. The van der Waals surface area contributed by atoms with Gasteiger partial charge in [-0.2, -0.15) is 0 Å². The van der Waals surface area contributed by atoms with Crippen molar-refractivity contribution in [2.75, 3.05) is 18.0 Å². The van der Waals surface area contributed by atoms with Crippen molar-refractivity contribution in [2.45, 2.75) is 30.8 Å². The number of rotatable bonds is 4. The SMILES string of the molecule is Cc1cc(=O)[nH]c(N2CCC(NS(=O)(=O)c3cnc[nH]3)CC2)n1. The maximum Gasteiger partial charge on any atom is 0.257 e. The second-order valence-corrected chi connectivity index (χ2v) is 7.19. The van der Waals surface area contributed by atoms with Crippen molar-refractivity contribution in [1.82, 2.24) is 24.7 Å². The van der Waals surface area contributed by atoms with Crippen LogP contribution in [0.15, 0.2) is 28.4 Å². The van der Waals surface area contributed by atoms with Gasteiger partial charge in [-0.25, -0.2) is 23.1 Å². The molecule has 124 valence electrons. The van der Waals surface area contributed by atoms with Gasteiger partial charge in [0.1, 0.15) is 0 Å². The topological polar surface area (TPSA) is 124 Å². The lowest BCUT2D eigenvalue weighted by Gasteiger charge is -2.32. The monoisotopic (exact) mass is 338 g/mol. The van der Waals surface area contributed by atoms with Crippen molar-refractivity contribution in [3.05, 3.63) is 34.6 Å². The zero-order chi connectivity index (χ0) is 16.4. The summed E-state index contributed by atoms with van der Waals surface area (Å²) in [7, 11) is -3.57. The van der Waals surface area contributed by atoms with Crippen LogP contribution in [0, 0.1) is 6.92 Å². The average molecular weight is 338 g/mol. The number of aromatic nitrogens is 4. The third-order valence-electron chi connectivity index (χ3n) is 3.74. The number of aryl methyl sites for hydroxylation is 1. The highest BCUT2D eigenvalue weighted by Crippen LogP contribution is 2.17. The Labute approximate surface area is 133 Å². The first-order valence-corrected chi connectivity index (χ1v) is 8.76. The molecule has 0 aliphatic carbocycles. The molecule has 0 atom stereocenters. The summed E-state index contributed by atoms with van der Waals surface area (Å²) in [5.41, 5.74) is 0.473. The van der Waals surface area contributed by atoms with Gasteiger partial charge in [-0.1, -0.05) is 0 Å². The van der Waals surface area contributed by atoms with Crippen LogP contribution < -0.4 is 15.2 Å². The summed E-state index contributed by atoms with van der Waals surface area (Å²) in [4.78, 5) is 26.8. The average Bonchev–Trinajstić information content (AvgIpc) is 3.01. The molecule has 3 N–H and O–H groups in total. The third-order valence-corrected chi connectivity index (χ3v) is 5.18. The Balaban J connectivity index is 1.64. The van der Waals surface area contributed by atoms with Crippen molar-refractivity contribution in [3.8, 4) is 0 Å². The van der Waals surface area contributed by atoms with E-state index in [1.807, 2.05) is 4.90 Å². The Morgan fingerprint density at radius 3 is 2.70 bits per heavy atom. The molecule has 0 aromatic carbocycles. The van der Waals surface area contributed by atoms with E-state index in [0.29, 0.717) is 37.6 Å². The van der Waals surface area contributed by atoms with Crippen LogP contribution in [-0.2, 0) is 10.0 Å². The van der Waals surface area contributed by atoms with Crippen LogP contribution >= 0.6 is 0 Å². The lowest BCUT2D eigenvalue weighted by atomic mass is 10.1. The lowest BCUT2D eigenvalue weighted by molar-refractivity contribution is 0.455. The van der Waals surface area contributed by atoms with E-state index >= 15 is 0 Å². The number of piperidine rings is 1. The molecule has 0 spiro atoms. The van der Waals surface area contributed by atoms with Crippen molar-refractivity contribution in [1.29, 1.82) is 0 Å². The van der Waals surface area contributed by atoms with Gasteiger partial charge < -0.3 is 9.88 Å². The van der Waals surface area contributed by atoms with Crippen LogP contribution in [0.5, 0.6) is 0 Å². The Hall–Kier alpha value is -2.20. The van der Waals surface area contributed by atoms with Crippen molar-refractivity contribution in [2.24, 2.45) is 0 Å². The zero-order valence-electron chi connectivity index (χ0n) is 12.6. The molecule has 1 fully saturated rings. The molecule has 2 aromatic rings. The summed E-state index contributed by atoms with van der Waals surface area (Å²) in [5.74, 6) is 0.532. The summed E-state index contributed by atoms with van der Waals surface area (Å²) in [6.07, 6.45) is 3.87. The van der Waals surface area contributed by atoms with Crippen molar-refractivity contribution in [3.63, 3.8) is 0 Å². The molecular formula is C13H18N6O3S. The Bertz CT molecular complexity index is 822. The fourth-order valence-electron chi connectivity index (χ4n) is 2.60. The minimum Gasteiger partial charge on any atom is -0.342 e. The maximum atomic E-state index is 12.1. The number of imidazole rings is 1. The van der Waals surface area contributed by atoms with Crippen LogP contribution in [0.25, 0.3) is 0 Å². The van der Waals surface area contributed by atoms with Gasteiger partial charge in [0.15, 0.2) is 5.03 Å². The molecular weight excluding hydrogens is 320 g/mol. The highest BCUT2D eigenvalue weighted by molar-refractivity contribution is 7.89.